The fraction of sp³-hybridized carbons (Fsp3) is 0.333. The molecule has 0 radical (unpaired) electrons. The summed E-state index contributed by atoms with van der Waals surface area (Å²) >= 11 is 1.74. The summed E-state index contributed by atoms with van der Waals surface area (Å²) in [6, 6.07) is 6.71. The van der Waals surface area contributed by atoms with Gasteiger partial charge in [0.1, 0.15) is 0 Å². The van der Waals surface area contributed by atoms with Crippen LogP contribution in [0.15, 0.2) is 36.0 Å². The first kappa shape index (κ1) is 13.3. The van der Waals surface area contributed by atoms with E-state index in [-0.39, 0.29) is 0 Å². The van der Waals surface area contributed by atoms with Gasteiger partial charge in [-0.05, 0) is 49.0 Å². The minimum absolute atomic E-state index is 0.323. The molecule has 3 aromatic rings. The van der Waals surface area contributed by atoms with Crippen LogP contribution < -0.4 is 5.32 Å². The Morgan fingerprint density at radius 1 is 1.40 bits per heavy atom. The molecule has 0 aliphatic rings. The topological polar surface area (TPSA) is 42.7 Å². The number of fused-ring (bicyclic) bond motifs is 1. The average molecular weight is 286 g/mol. The molecule has 1 N–H and O–H groups in total. The van der Waals surface area contributed by atoms with Crippen LogP contribution in [-0.4, -0.2) is 21.8 Å². The standard InChI is InChI=1S/C15H18N4S/c1-16-13(4-3-12-5-7-18-19(12)2)11-9-15-14(17-10-11)6-8-20-15/h5-10,13,16H,3-4H2,1-2H3. The van der Waals surface area contributed by atoms with Crippen LogP contribution in [0, 0.1) is 0 Å². The Kier molecular flexibility index (Phi) is 3.80. The molecule has 104 valence electrons. The van der Waals surface area contributed by atoms with Crippen molar-refractivity contribution in [3.63, 3.8) is 0 Å². The molecule has 0 aliphatic heterocycles. The van der Waals surface area contributed by atoms with Gasteiger partial charge in [-0.25, -0.2) is 0 Å². The largest absolute Gasteiger partial charge is 0.313 e. The second-order valence-corrected chi connectivity index (χ2v) is 5.85. The van der Waals surface area contributed by atoms with Crippen LogP contribution in [0.3, 0.4) is 0 Å². The first-order valence-electron chi connectivity index (χ1n) is 6.75. The fourth-order valence-corrected chi connectivity index (χ4v) is 3.26. The number of thiophene rings is 1. The summed E-state index contributed by atoms with van der Waals surface area (Å²) < 4.78 is 3.19. The minimum atomic E-state index is 0.323. The van der Waals surface area contributed by atoms with Crippen molar-refractivity contribution in [3.8, 4) is 0 Å². The van der Waals surface area contributed by atoms with Crippen LogP contribution >= 0.6 is 11.3 Å². The summed E-state index contributed by atoms with van der Waals surface area (Å²) in [5.41, 5.74) is 3.60. The molecule has 0 saturated carbocycles. The maximum atomic E-state index is 4.53. The van der Waals surface area contributed by atoms with Gasteiger partial charge in [0.25, 0.3) is 0 Å². The lowest BCUT2D eigenvalue weighted by Crippen LogP contribution is -2.17. The van der Waals surface area contributed by atoms with E-state index >= 15 is 0 Å². The smallest absolute Gasteiger partial charge is 0.0809 e. The highest BCUT2D eigenvalue weighted by atomic mass is 32.1. The van der Waals surface area contributed by atoms with Crippen molar-refractivity contribution in [2.45, 2.75) is 18.9 Å². The summed E-state index contributed by atoms with van der Waals surface area (Å²) in [5.74, 6) is 0. The van der Waals surface area contributed by atoms with Crippen molar-refractivity contribution in [1.82, 2.24) is 20.1 Å². The predicted molar refractivity (Wildman–Crippen MR) is 82.9 cm³/mol. The molecule has 0 saturated heterocycles. The summed E-state index contributed by atoms with van der Waals surface area (Å²) in [6.07, 6.45) is 5.88. The van der Waals surface area contributed by atoms with Gasteiger partial charge in [-0.15, -0.1) is 11.3 Å². The lowest BCUT2D eigenvalue weighted by atomic mass is 10.0. The van der Waals surface area contributed by atoms with Gasteiger partial charge in [-0.1, -0.05) is 0 Å². The maximum absolute atomic E-state index is 4.53. The number of nitrogens with zero attached hydrogens (tertiary/aromatic N) is 3. The third kappa shape index (κ3) is 2.59. The molecule has 3 heterocycles. The van der Waals surface area contributed by atoms with Gasteiger partial charge in [0.15, 0.2) is 0 Å². The molecular formula is C15H18N4S. The van der Waals surface area contributed by atoms with E-state index in [9.17, 15) is 0 Å². The molecule has 1 atom stereocenters. The normalized spacial score (nSPS) is 12.9. The van der Waals surface area contributed by atoms with Gasteiger partial charge >= 0.3 is 0 Å². The summed E-state index contributed by atoms with van der Waals surface area (Å²) in [4.78, 5) is 4.53. The van der Waals surface area contributed by atoms with Crippen molar-refractivity contribution in [2.24, 2.45) is 7.05 Å². The Hall–Kier alpha value is -1.72. The predicted octanol–water partition coefficient (Wildman–Crippen LogP) is 2.92. The van der Waals surface area contributed by atoms with Gasteiger partial charge in [-0.2, -0.15) is 5.10 Å². The molecule has 4 nitrogen and oxygen atoms in total. The molecule has 0 spiro atoms. The molecule has 0 amide bonds. The van der Waals surface area contributed by atoms with Gasteiger partial charge in [0.2, 0.25) is 0 Å². The number of aromatic nitrogens is 3. The van der Waals surface area contributed by atoms with Crippen molar-refractivity contribution >= 4 is 21.6 Å². The van der Waals surface area contributed by atoms with Crippen LogP contribution in [0.25, 0.3) is 10.2 Å². The van der Waals surface area contributed by atoms with E-state index in [0.29, 0.717) is 6.04 Å². The van der Waals surface area contributed by atoms with E-state index < -0.39 is 0 Å². The highest BCUT2D eigenvalue weighted by Crippen LogP contribution is 2.24. The molecule has 1 unspecified atom stereocenters. The van der Waals surface area contributed by atoms with E-state index in [1.54, 1.807) is 11.3 Å². The molecule has 0 aromatic carbocycles. The Morgan fingerprint density at radius 2 is 2.30 bits per heavy atom. The number of rotatable bonds is 5. The SMILES string of the molecule is CNC(CCc1ccnn1C)c1cnc2ccsc2c1. The molecule has 0 fully saturated rings. The van der Waals surface area contributed by atoms with E-state index in [2.05, 4.69) is 39.0 Å². The maximum Gasteiger partial charge on any atom is 0.0809 e. The molecule has 20 heavy (non-hydrogen) atoms. The fourth-order valence-electron chi connectivity index (χ4n) is 2.47. The Labute approximate surface area is 122 Å². The van der Waals surface area contributed by atoms with Crippen molar-refractivity contribution < 1.29 is 0 Å². The van der Waals surface area contributed by atoms with Crippen LogP contribution in [0.4, 0.5) is 0 Å². The molecule has 5 heteroatoms. The van der Waals surface area contributed by atoms with E-state index in [1.165, 1.54) is 16.0 Å². The molecule has 3 rings (SSSR count). The molecular weight excluding hydrogens is 268 g/mol. The highest BCUT2D eigenvalue weighted by Gasteiger charge is 2.12. The quantitative estimate of drug-likeness (QED) is 0.784. The van der Waals surface area contributed by atoms with Crippen molar-refractivity contribution in [2.75, 3.05) is 7.05 Å². The Balaban J connectivity index is 1.76. The minimum Gasteiger partial charge on any atom is -0.313 e. The first-order valence-corrected chi connectivity index (χ1v) is 7.63. The van der Waals surface area contributed by atoms with Crippen LogP contribution in [-0.2, 0) is 13.5 Å². The van der Waals surface area contributed by atoms with E-state index in [1.807, 2.05) is 31.2 Å². The van der Waals surface area contributed by atoms with Gasteiger partial charge in [0, 0.05) is 31.2 Å². The van der Waals surface area contributed by atoms with Crippen LogP contribution in [0.2, 0.25) is 0 Å². The third-order valence-electron chi connectivity index (χ3n) is 3.69. The number of hydrogen-bond acceptors (Lipinski definition) is 4. The number of nitrogens with one attached hydrogen (secondary N) is 1. The number of pyridine rings is 1. The zero-order chi connectivity index (χ0) is 13.9. The first-order chi connectivity index (χ1) is 9.78. The molecule has 3 aromatic heterocycles. The summed E-state index contributed by atoms with van der Waals surface area (Å²) in [6.45, 7) is 0. The molecule has 0 aliphatic carbocycles. The monoisotopic (exact) mass is 286 g/mol. The Bertz CT molecular complexity index is 701. The second-order valence-electron chi connectivity index (χ2n) is 4.90. The van der Waals surface area contributed by atoms with Crippen LogP contribution in [0.1, 0.15) is 23.7 Å². The lowest BCUT2D eigenvalue weighted by molar-refractivity contribution is 0.535. The number of hydrogen-bond donors (Lipinski definition) is 1. The zero-order valence-corrected chi connectivity index (χ0v) is 12.5. The second kappa shape index (κ2) is 5.73. The third-order valence-corrected chi connectivity index (χ3v) is 4.54. The van der Waals surface area contributed by atoms with Gasteiger partial charge in [0.05, 0.1) is 10.2 Å². The van der Waals surface area contributed by atoms with Crippen LogP contribution in [0.5, 0.6) is 0 Å². The van der Waals surface area contributed by atoms with Crippen molar-refractivity contribution in [1.29, 1.82) is 0 Å². The van der Waals surface area contributed by atoms with Gasteiger partial charge in [-0.3, -0.25) is 9.67 Å². The summed E-state index contributed by atoms with van der Waals surface area (Å²) in [5, 5.41) is 9.69. The average Bonchev–Trinajstić information content (AvgIpc) is 3.08. The highest BCUT2D eigenvalue weighted by molar-refractivity contribution is 7.17. The lowest BCUT2D eigenvalue weighted by Gasteiger charge is -2.16. The van der Waals surface area contributed by atoms with E-state index in [4.69, 9.17) is 0 Å². The van der Waals surface area contributed by atoms with E-state index in [0.717, 1.165) is 18.4 Å². The van der Waals surface area contributed by atoms with Gasteiger partial charge < -0.3 is 5.32 Å². The number of aryl methyl sites for hydroxylation is 2. The zero-order valence-electron chi connectivity index (χ0n) is 11.7. The molecule has 0 bridgehead atoms. The Morgan fingerprint density at radius 3 is 3.05 bits per heavy atom. The van der Waals surface area contributed by atoms with Crippen molar-refractivity contribution in [3.05, 3.63) is 47.2 Å². The summed E-state index contributed by atoms with van der Waals surface area (Å²) in [7, 11) is 4.00.